The molecule has 1 rings (SSSR count). The summed E-state index contributed by atoms with van der Waals surface area (Å²) in [4.78, 5) is 2.11. The molecule has 0 saturated heterocycles. The van der Waals surface area contributed by atoms with Crippen molar-refractivity contribution < 1.29 is 4.42 Å². The van der Waals surface area contributed by atoms with E-state index in [2.05, 4.69) is 44.2 Å². The van der Waals surface area contributed by atoms with Crippen LogP contribution in [0.1, 0.15) is 30.9 Å². The predicted molar refractivity (Wildman–Crippen MR) is 67.4 cm³/mol. The van der Waals surface area contributed by atoms with Gasteiger partial charge in [-0.05, 0) is 39.5 Å². The van der Waals surface area contributed by atoms with Gasteiger partial charge in [-0.15, -0.1) is 0 Å². The van der Waals surface area contributed by atoms with Crippen LogP contribution >= 0.6 is 0 Å². The standard InChI is InChI=1S/C13H24N2O/c1-10(2)7-14-8-12-6-13(9-15(4)5)16-11(12)3/h6,10,14H,7-9H2,1-5H3. The molecule has 0 aromatic carbocycles. The molecule has 92 valence electrons. The van der Waals surface area contributed by atoms with Crippen molar-refractivity contribution in [2.45, 2.75) is 33.9 Å². The van der Waals surface area contributed by atoms with Gasteiger partial charge in [0.25, 0.3) is 0 Å². The normalized spacial score (nSPS) is 11.7. The van der Waals surface area contributed by atoms with E-state index >= 15 is 0 Å². The van der Waals surface area contributed by atoms with E-state index in [-0.39, 0.29) is 0 Å². The highest BCUT2D eigenvalue weighted by Gasteiger charge is 2.07. The van der Waals surface area contributed by atoms with Gasteiger partial charge in [0, 0.05) is 12.1 Å². The molecule has 0 saturated carbocycles. The molecule has 1 N–H and O–H groups in total. The quantitative estimate of drug-likeness (QED) is 0.804. The van der Waals surface area contributed by atoms with Crippen LogP contribution in [0.2, 0.25) is 0 Å². The molecule has 3 heteroatoms. The first-order valence-electron chi connectivity index (χ1n) is 5.92. The maximum absolute atomic E-state index is 5.70. The van der Waals surface area contributed by atoms with Crippen LogP contribution in [-0.4, -0.2) is 25.5 Å². The van der Waals surface area contributed by atoms with Crippen molar-refractivity contribution in [1.82, 2.24) is 10.2 Å². The second kappa shape index (κ2) is 6.06. The minimum absolute atomic E-state index is 0.688. The monoisotopic (exact) mass is 224 g/mol. The smallest absolute Gasteiger partial charge is 0.118 e. The average molecular weight is 224 g/mol. The second-order valence-corrected chi connectivity index (χ2v) is 5.06. The second-order valence-electron chi connectivity index (χ2n) is 5.06. The summed E-state index contributed by atoms with van der Waals surface area (Å²) in [5, 5.41) is 3.43. The third-order valence-corrected chi connectivity index (χ3v) is 2.41. The fourth-order valence-electron chi connectivity index (χ4n) is 1.65. The van der Waals surface area contributed by atoms with Gasteiger partial charge in [0.05, 0.1) is 6.54 Å². The van der Waals surface area contributed by atoms with Crippen molar-refractivity contribution >= 4 is 0 Å². The lowest BCUT2D eigenvalue weighted by Crippen LogP contribution is -2.19. The number of nitrogens with one attached hydrogen (secondary N) is 1. The number of hydrogen-bond acceptors (Lipinski definition) is 3. The predicted octanol–water partition coefficient (Wildman–Crippen LogP) is 2.40. The number of rotatable bonds is 6. The summed E-state index contributed by atoms with van der Waals surface area (Å²) >= 11 is 0. The molecule has 0 atom stereocenters. The molecule has 0 fully saturated rings. The lowest BCUT2D eigenvalue weighted by Gasteiger charge is -2.06. The fraction of sp³-hybridized carbons (Fsp3) is 0.692. The van der Waals surface area contributed by atoms with Crippen LogP contribution in [0.4, 0.5) is 0 Å². The number of aryl methyl sites for hydroxylation is 1. The third-order valence-electron chi connectivity index (χ3n) is 2.41. The van der Waals surface area contributed by atoms with Gasteiger partial charge in [-0.1, -0.05) is 13.8 Å². The lowest BCUT2D eigenvalue weighted by molar-refractivity contribution is 0.345. The highest BCUT2D eigenvalue weighted by atomic mass is 16.3. The molecule has 0 spiro atoms. The molecule has 16 heavy (non-hydrogen) atoms. The Labute approximate surface area is 98.8 Å². The van der Waals surface area contributed by atoms with Crippen molar-refractivity contribution in [3.8, 4) is 0 Å². The summed E-state index contributed by atoms with van der Waals surface area (Å²) in [6.45, 7) is 9.28. The Morgan fingerprint density at radius 2 is 2.06 bits per heavy atom. The van der Waals surface area contributed by atoms with Crippen molar-refractivity contribution in [2.24, 2.45) is 5.92 Å². The Kier molecular flexibility index (Phi) is 5.03. The maximum Gasteiger partial charge on any atom is 0.118 e. The van der Waals surface area contributed by atoms with Crippen molar-refractivity contribution in [2.75, 3.05) is 20.6 Å². The average Bonchev–Trinajstić information content (AvgIpc) is 2.45. The Bertz CT molecular complexity index is 316. The molecule has 1 heterocycles. The SMILES string of the molecule is Cc1oc(CN(C)C)cc1CNCC(C)C. The van der Waals surface area contributed by atoms with Gasteiger partial charge in [0.2, 0.25) is 0 Å². The van der Waals surface area contributed by atoms with Crippen molar-refractivity contribution in [1.29, 1.82) is 0 Å². The van der Waals surface area contributed by atoms with E-state index in [9.17, 15) is 0 Å². The molecular formula is C13H24N2O. The van der Waals surface area contributed by atoms with Gasteiger partial charge in [-0.25, -0.2) is 0 Å². The molecule has 0 aliphatic rings. The first-order valence-corrected chi connectivity index (χ1v) is 5.92. The van der Waals surface area contributed by atoms with Gasteiger partial charge in [-0.3, -0.25) is 0 Å². The van der Waals surface area contributed by atoms with E-state index in [4.69, 9.17) is 4.42 Å². The van der Waals surface area contributed by atoms with E-state index in [0.29, 0.717) is 5.92 Å². The van der Waals surface area contributed by atoms with Crippen LogP contribution in [0.3, 0.4) is 0 Å². The Hall–Kier alpha value is -0.800. The maximum atomic E-state index is 5.70. The zero-order valence-corrected chi connectivity index (χ0v) is 11.1. The molecule has 1 aromatic heterocycles. The van der Waals surface area contributed by atoms with E-state index in [1.165, 1.54) is 5.56 Å². The third kappa shape index (κ3) is 4.37. The van der Waals surface area contributed by atoms with Crippen LogP contribution in [0, 0.1) is 12.8 Å². The first-order chi connectivity index (χ1) is 7.49. The molecule has 0 radical (unpaired) electrons. The van der Waals surface area contributed by atoms with Crippen molar-refractivity contribution in [3.63, 3.8) is 0 Å². The van der Waals surface area contributed by atoms with E-state index < -0.39 is 0 Å². The number of furan rings is 1. The van der Waals surface area contributed by atoms with Gasteiger partial charge in [0.15, 0.2) is 0 Å². The minimum atomic E-state index is 0.688. The van der Waals surface area contributed by atoms with Gasteiger partial charge >= 0.3 is 0 Å². The summed E-state index contributed by atoms with van der Waals surface area (Å²) in [5.41, 5.74) is 1.28. The summed E-state index contributed by atoms with van der Waals surface area (Å²) < 4.78 is 5.70. The summed E-state index contributed by atoms with van der Waals surface area (Å²) in [5.74, 6) is 2.77. The van der Waals surface area contributed by atoms with Crippen LogP contribution < -0.4 is 5.32 Å². The highest BCUT2D eigenvalue weighted by molar-refractivity contribution is 5.20. The summed E-state index contributed by atoms with van der Waals surface area (Å²) in [6.07, 6.45) is 0. The number of hydrogen-bond donors (Lipinski definition) is 1. The lowest BCUT2D eigenvalue weighted by atomic mass is 10.2. The fourth-order valence-corrected chi connectivity index (χ4v) is 1.65. The van der Waals surface area contributed by atoms with E-state index in [1.54, 1.807) is 0 Å². The summed E-state index contributed by atoms with van der Waals surface area (Å²) in [7, 11) is 4.10. The molecule has 3 nitrogen and oxygen atoms in total. The number of nitrogens with zero attached hydrogens (tertiary/aromatic N) is 1. The molecule has 0 unspecified atom stereocenters. The van der Waals surface area contributed by atoms with Gasteiger partial charge < -0.3 is 14.6 Å². The zero-order valence-electron chi connectivity index (χ0n) is 11.1. The Morgan fingerprint density at radius 3 is 2.62 bits per heavy atom. The molecule has 1 aromatic rings. The van der Waals surface area contributed by atoms with E-state index in [1.807, 2.05) is 6.92 Å². The van der Waals surface area contributed by atoms with E-state index in [0.717, 1.165) is 31.2 Å². The molecule has 0 amide bonds. The Balaban J connectivity index is 2.50. The van der Waals surface area contributed by atoms with Crippen molar-refractivity contribution in [3.05, 3.63) is 23.2 Å². The van der Waals surface area contributed by atoms with Crippen LogP contribution in [0.15, 0.2) is 10.5 Å². The van der Waals surface area contributed by atoms with Crippen LogP contribution in [-0.2, 0) is 13.1 Å². The topological polar surface area (TPSA) is 28.4 Å². The molecule has 0 bridgehead atoms. The molecular weight excluding hydrogens is 200 g/mol. The molecule has 0 aliphatic heterocycles. The zero-order chi connectivity index (χ0) is 12.1. The first kappa shape index (κ1) is 13.3. The molecule has 0 aliphatic carbocycles. The Morgan fingerprint density at radius 1 is 1.38 bits per heavy atom. The minimum Gasteiger partial charge on any atom is -0.465 e. The van der Waals surface area contributed by atoms with Gasteiger partial charge in [-0.2, -0.15) is 0 Å². The summed E-state index contributed by atoms with van der Waals surface area (Å²) in [6, 6.07) is 2.16. The highest BCUT2D eigenvalue weighted by Crippen LogP contribution is 2.15. The largest absolute Gasteiger partial charge is 0.465 e. The van der Waals surface area contributed by atoms with Gasteiger partial charge in [0.1, 0.15) is 11.5 Å². The van der Waals surface area contributed by atoms with Crippen LogP contribution in [0.5, 0.6) is 0 Å². The van der Waals surface area contributed by atoms with Crippen LogP contribution in [0.25, 0.3) is 0 Å².